The fraction of sp³-hybridized carbons (Fsp3) is 0.162. The van der Waals surface area contributed by atoms with Crippen molar-refractivity contribution < 1.29 is 32.2 Å². The standard InChI is InChI=1S/C37H32F3NO4/c38-37(39,40)31-19-12-20-32(27-31)41-34-22-11-10-21-33(34)35(42)44-25-23-43-24-26-45-36(28-13-4-1-5-14-28,29-15-6-2-7-16-29)30-17-8-3-9-18-30/h1-22,27,41H,23-26H2. The van der Waals surface area contributed by atoms with Crippen LogP contribution in [0.25, 0.3) is 0 Å². The Morgan fingerprint density at radius 1 is 0.578 bits per heavy atom. The van der Waals surface area contributed by atoms with E-state index in [1.807, 2.05) is 91.0 Å². The van der Waals surface area contributed by atoms with E-state index in [1.54, 1.807) is 24.3 Å². The van der Waals surface area contributed by atoms with Crippen LogP contribution in [0, 0.1) is 0 Å². The number of rotatable bonds is 13. The molecule has 0 aliphatic heterocycles. The molecule has 0 heterocycles. The smallest absolute Gasteiger partial charge is 0.416 e. The van der Waals surface area contributed by atoms with E-state index >= 15 is 0 Å². The lowest BCUT2D eigenvalue weighted by molar-refractivity contribution is -0.137. The van der Waals surface area contributed by atoms with Gasteiger partial charge in [0.2, 0.25) is 0 Å². The summed E-state index contributed by atoms with van der Waals surface area (Å²) in [4.78, 5) is 12.9. The molecule has 5 rings (SSSR count). The minimum absolute atomic E-state index is 0.0159. The van der Waals surface area contributed by atoms with Gasteiger partial charge >= 0.3 is 12.1 Å². The highest BCUT2D eigenvalue weighted by molar-refractivity contribution is 5.96. The van der Waals surface area contributed by atoms with Gasteiger partial charge in [-0.3, -0.25) is 0 Å². The molecule has 45 heavy (non-hydrogen) atoms. The number of hydrogen-bond acceptors (Lipinski definition) is 5. The molecule has 8 heteroatoms. The van der Waals surface area contributed by atoms with Gasteiger partial charge in [0.15, 0.2) is 0 Å². The molecule has 0 aliphatic carbocycles. The first-order valence-corrected chi connectivity index (χ1v) is 14.5. The molecule has 0 aliphatic rings. The average molecular weight is 612 g/mol. The molecule has 0 saturated heterocycles. The molecule has 0 atom stereocenters. The quantitative estimate of drug-likeness (QED) is 0.0821. The van der Waals surface area contributed by atoms with E-state index in [0.29, 0.717) is 5.69 Å². The van der Waals surface area contributed by atoms with Gasteiger partial charge in [-0.1, -0.05) is 109 Å². The molecule has 5 aromatic rings. The predicted octanol–water partition coefficient (Wildman–Crippen LogP) is 8.63. The van der Waals surface area contributed by atoms with E-state index < -0.39 is 23.3 Å². The Morgan fingerprint density at radius 3 is 1.67 bits per heavy atom. The summed E-state index contributed by atoms with van der Waals surface area (Å²) >= 11 is 0. The Hall–Kier alpha value is -4.92. The number of anilines is 2. The average Bonchev–Trinajstić information content (AvgIpc) is 3.07. The van der Waals surface area contributed by atoms with Crippen molar-refractivity contribution in [1.82, 2.24) is 0 Å². The second-order valence-corrected chi connectivity index (χ2v) is 10.1. The van der Waals surface area contributed by atoms with Crippen LogP contribution in [0.3, 0.4) is 0 Å². The van der Waals surface area contributed by atoms with Crippen molar-refractivity contribution >= 4 is 17.3 Å². The van der Waals surface area contributed by atoms with E-state index in [-0.39, 0.29) is 37.7 Å². The summed E-state index contributed by atoms with van der Waals surface area (Å²) in [5, 5.41) is 2.89. The van der Waals surface area contributed by atoms with Crippen molar-refractivity contribution in [2.75, 3.05) is 31.7 Å². The zero-order valence-corrected chi connectivity index (χ0v) is 24.4. The summed E-state index contributed by atoms with van der Waals surface area (Å²) < 4.78 is 57.3. The van der Waals surface area contributed by atoms with Crippen LogP contribution in [0.5, 0.6) is 0 Å². The Labute approximate surface area is 260 Å². The van der Waals surface area contributed by atoms with E-state index in [2.05, 4.69) is 5.32 Å². The van der Waals surface area contributed by atoms with Crippen LogP contribution in [0.15, 0.2) is 140 Å². The third-order valence-electron chi connectivity index (χ3n) is 7.16. The highest BCUT2D eigenvalue weighted by atomic mass is 19.4. The van der Waals surface area contributed by atoms with Crippen molar-refractivity contribution in [3.63, 3.8) is 0 Å². The van der Waals surface area contributed by atoms with Crippen LogP contribution in [0.1, 0.15) is 32.6 Å². The van der Waals surface area contributed by atoms with Gasteiger partial charge < -0.3 is 19.5 Å². The molecule has 0 amide bonds. The van der Waals surface area contributed by atoms with Crippen LogP contribution in [-0.2, 0) is 26.0 Å². The summed E-state index contributed by atoms with van der Waals surface area (Å²) in [6, 6.07) is 41.3. The number of nitrogens with one attached hydrogen (secondary N) is 1. The van der Waals surface area contributed by atoms with Gasteiger partial charge in [0.05, 0.1) is 36.6 Å². The number of carbonyl (C=O) groups is 1. The van der Waals surface area contributed by atoms with Crippen molar-refractivity contribution in [1.29, 1.82) is 0 Å². The summed E-state index contributed by atoms with van der Waals surface area (Å²) in [5.74, 6) is -0.624. The summed E-state index contributed by atoms with van der Waals surface area (Å²) in [7, 11) is 0. The van der Waals surface area contributed by atoms with Gasteiger partial charge in [0.25, 0.3) is 0 Å². The number of para-hydroxylation sites is 1. The summed E-state index contributed by atoms with van der Waals surface area (Å²) in [5.41, 5.74) is 2.01. The predicted molar refractivity (Wildman–Crippen MR) is 167 cm³/mol. The molecule has 0 fully saturated rings. The van der Waals surface area contributed by atoms with E-state index in [0.717, 1.165) is 28.8 Å². The Morgan fingerprint density at radius 2 is 1.09 bits per heavy atom. The van der Waals surface area contributed by atoms with Gasteiger partial charge in [0.1, 0.15) is 12.2 Å². The number of hydrogen-bond donors (Lipinski definition) is 1. The molecule has 5 nitrogen and oxygen atoms in total. The normalized spacial score (nSPS) is 11.6. The zero-order valence-electron chi connectivity index (χ0n) is 24.4. The highest BCUT2D eigenvalue weighted by Crippen LogP contribution is 2.40. The van der Waals surface area contributed by atoms with Crippen molar-refractivity contribution in [2.45, 2.75) is 11.8 Å². The van der Waals surface area contributed by atoms with Crippen LogP contribution < -0.4 is 5.32 Å². The third-order valence-corrected chi connectivity index (χ3v) is 7.16. The second kappa shape index (κ2) is 14.7. The molecule has 0 saturated carbocycles. The van der Waals surface area contributed by atoms with E-state index in [9.17, 15) is 18.0 Å². The highest BCUT2D eigenvalue weighted by Gasteiger charge is 2.37. The van der Waals surface area contributed by atoms with Gasteiger partial charge in [0, 0.05) is 5.69 Å². The molecule has 1 N–H and O–H groups in total. The van der Waals surface area contributed by atoms with Crippen molar-refractivity contribution in [2.24, 2.45) is 0 Å². The Kier molecular flexibility index (Phi) is 10.3. The molecule has 0 bridgehead atoms. The largest absolute Gasteiger partial charge is 0.460 e. The van der Waals surface area contributed by atoms with Crippen LogP contribution in [0.2, 0.25) is 0 Å². The summed E-state index contributed by atoms with van der Waals surface area (Å²) in [6.07, 6.45) is -4.48. The Balaban J connectivity index is 1.18. The summed E-state index contributed by atoms with van der Waals surface area (Å²) in [6.45, 7) is 0.626. The molecule has 0 aromatic heterocycles. The first-order valence-electron chi connectivity index (χ1n) is 14.5. The molecule has 230 valence electrons. The number of ether oxygens (including phenoxy) is 3. The van der Waals surface area contributed by atoms with Crippen LogP contribution in [-0.4, -0.2) is 32.4 Å². The monoisotopic (exact) mass is 611 g/mol. The van der Waals surface area contributed by atoms with Gasteiger partial charge in [-0.15, -0.1) is 0 Å². The minimum Gasteiger partial charge on any atom is -0.460 e. The van der Waals surface area contributed by atoms with Crippen molar-refractivity contribution in [3.8, 4) is 0 Å². The first kappa shape index (κ1) is 31.5. The maximum Gasteiger partial charge on any atom is 0.416 e. The second-order valence-electron chi connectivity index (χ2n) is 10.1. The molecule has 0 unspecified atom stereocenters. The molecule has 5 aromatic carbocycles. The SMILES string of the molecule is O=C(OCCOCCOC(c1ccccc1)(c1ccccc1)c1ccccc1)c1ccccc1Nc1cccc(C(F)(F)F)c1. The fourth-order valence-electron chi connectivity index (χ4n) is 5.09. The van der Waals surface area contributed by atoms with E-state index in [4.69, 9.17) is 14.2 Å². The molecular formula is C37H32F3NO4. The first-order chi connectivity index (χ1) is 21.9. The number of benzene rings is 5. The minimum atomic E-state index is -4.48. The van der Waals surface area contributed by atoms with Crippen LogP contribution >= 0.6 is 0 Å². The van der Waals surface area contributed by atoms with Crippen LogP contribution in [0.4, 0.5) is 24.5 Å². The lowest BCUT2D eigenvalue weighted by Crippen LogP contribution is -2.34. The van der Waals surface area contributed by atoms with Gasteiger partial charge in [-0.2, -0.15) is 13.2 Å². The topological polar surface area (TPSA) is 56.8 Å². The molecule has 0 radical (unpaired) electrons. The zero-order chi connectivity index (χ0) is 31.5. The van der Waals surface area contributed by atoms with Gasteiger partial charge in [-0.05, 0) is 47.0 Å². The lowest BCUT2D eigenvalue weighted by Gasteiger charge is -2.36. The lowest BCUT2D eigenvalue weighted by atomic mass is 9.80. The van der Waals surface area contributed by atoms with E-state index in [1.165, 1.54) is 12.1 Å². The number of carbonyl (C=O) groups excluding carboxylic acids is 1. The fourth-order valence-corrected chi connectivity index (χ4v) is 5.09. The number of halogens is 3. The van der Waals surface area contributed by atoms with Gasteiger partial charge in [-0.25, -0.2) is 4.79 Å². The molecular weight excluding hydrogens is 579 g/mol. The Bertz CT molecular complexity index is 1570. The maximum atomic E-state index is 13.1. The molecule has 0 spiro atoms. The maximum absolute atomic E-state index is 13.1. The number of esters is 1. The number of alkyl halides is 3. The third kappa shape index (κ3) is 7.78. The van der Waals surface area contributed by atoms with Crippen molar-refractivity contribution in [3.05, 3.63) is 167 Å².